The fraction of sp³-hybridized carbons (Fsp3) is 0.500. The van der Waals surface area contributed by atoms with Crippen LogP contribution in [0.4, 0.5) is 0 Å². The lowest BCUT2D eigenvalue weighted by Crippen LogP contribution is -2.28. The zero-order valence-corrected chi connectivity index (χ0v) is 13.2. The Morgan fingerprint density at radius 1 is 1.50 bits per heavy atom. The molecule has 0 aliphatic rings. The molecule has 0 aliphatic heterocycles. The number of nitrogens with zero attached hydrogens (tertiary/aromatic N) is 1. The molecule has 0 saturated heterocycles. The van der Waals surface area contributed by atoms with Crippen LogP contribution >= 0.6 is 11.3 Å². The Bertz CT molecular complexity index is 601. The Kier molecular flexibility index (Phi) is 4.80. The summed E-state index contributed by atoms with van der Waals surface area (Å²) in [6.45, 7) is 3.86. The van der Waals surface area contributed by atoms with Crippen LogP contribution in [0.1, 0.15) is 20.9 Å². The Labute approximate surface area is 122 Å². The van der Waals surface area contributed by atoms with Gasteiger partial charge in [0.1, 0.15) is 5.69 Å². The van der Waals surface area contributed by atoms with Crippen LogP contribution in [0.2, 0.25) is 0 Å². The van der Waals surface area contributed by atoms with E-state index in [0.717, 1.165) is 17.6 Å². The molecule has 1 amide bonds. The molecule has 2 aromatic rings. The maximum Gasteiger partial charge on any atom is 0.268 e. The monoisotopic (exact) mass is 295 g/mol. The summed E-state index contributed by atoms with van der Waals surface area (Å²) in [5, 5.41) is 2.87. The summed E-state index contributed by atoms with van der Waals surface area (Å²) in [5.74, 6) is -0.0695. The Morgan fingerprint density at radius 3 is 2.90 bits per heavy atom. The van der Waals surface area contributed by atoms with E-state index < -0.39 is 0 Å². The lowest BCUT2D eigenvalue weighted by molar-refractivity contribution is 0.0931. The summed E-state index contributed by atoms with van der Waals surface area (Å²) < 4.78 is 6.13. The van der Waals surface area contributed by atoms with E-state index in [1.807, 2.05) is 14.1 Å². The Morgan fingerprint density at radius 2 is 2.25 bits per heavy atom. The lowest BCUT2D eigenvalue weighted by atomic mass is 10.2. The highest BCUT2D eigenvalue weighted by Crippen LogP contribution is 2.31. The average molecular weight is 295 g/mol. The Balaban J connectivity index is 2.31. The molecular weight excluding hydrogens is 274 g/mol. The van der Waals surface area contributed by atoms with Gasteiger partial charge in [0.25, 0.3) is 5.91 Å². The van der Waals surface area contributed by atoms with Gasteiger partial charge in [0, 0.05) is 30.6 Å². The van der Waals surface area contributed by atoms with Crippen molar-refractivity contribution in [2.45, 2.75) is 13.5 Å². The van der Waals surface area contributed by atoms with Gasteiger partial charge >= 0.3 is 0 Å². The number of aromatic nitrogens is 1. The second-order valence-corrected chi connectivity index (χ2v) is 6.32. The van der Waals surface area contributed by atoms with E-state index in [4.69, 9.17) is 4.74 Å². The zero-order chi connectivity index (χ0) is 14.7. The third kappa shape index (κ3) is 3.20. The largest absolute Gasteiger partial charge is 0.383 e. The maximum atomic E-state index is 12.3. The van der Waals surface area contributed by atoms with Crippen molar-refractivity contribution in [1.82, 2.24) is 15.2 Å². The normalized spacial score (nSPS) is 11.4. The van der Waals surface area contributed by atoms with Gasteiger partial charge in [0.2, 0.25) is 0 Å². The molecule has 0 aliphatic carbocycles. The summed E-state index contributed by atoms with van der Waals surface area (Å²) >= 11 is 1.72. The zero-order valence-electron chi connectivity index (χ0n) is 12.4. The predicted octanol–water partition coefficient (Wildman–Crippen LogP) is 1.98. The van der Waals surface area contributed by atoms with E-state index in [0.29, 0.717) is 18.8 Å². The minimum absolute atomic E-state index is 0.0695. The van der Waals surface area contributed by atoms with E-state index in [9.17, 15) is 4.79 Å². The van der Waals surface area contributed by atoms with Gasteiger partial charge in [-0.2, -0.15) is 0 Å². The van der Waals surface area contributed by atoms with Crippen LogP contribution < -0.4 is 5.32 Å². The van der Waals surface area contributed by atoms with E-state index >= 15 is 0 Å². The quantitative estimate of drug-likeness (QED) is 0.801. The van der Waals surface area contributed by atoms with Crippen molar-refractivity contribution in [1.29, 1.82) is 0 Å². The van der Waals surface area contributed by atoms with Crippen LogP contribution in [-0.4, -0.2) is 50.1 Å². The van der Waals surface area contributed by atoms with Crippen molar-refractivity contribution in [3.05, 3.63) is 22.2 Å². The number of aromatic amines is 1. The molecule has 110 valence electrons. The lowest BCUT2D eigenvalue weighted by Gasteiger charge is -2.11. The molecule has 0 fully saturated rings. The number of ether oxygens (including phenoxy) is 1. The first-order valence-electron chi connectivity index (χ1n) is 6.55. The summed E-state index contributed by atoms with van der Waals surface area (Å²) in [6.07, 6.45) is 0. The summed E-state index contributed by atoms with van der Waals surface area (Å²) in [6, 6.07) is 2.09. The number of fused-ring (bicyclic) bond motifs is 1. The van der Waals surface area contributed by atoms with Crippen LogP contribution in [-0.2, 0) is 11.3 Å². The highest BCUT2D eigenvalue weighted by molar-refractivity contribution is 7.19. The molecule has 0 radical (unpaired) electrons. The van der Waals surface area contributed by atoms with Crippen LogP contribution in [0, 0.1) is 6.92 Å². The van der Waals surface area contributed by atoms with Crippen LogP contribution in [0.25, 0.3) is 10.2 Å². The topological polar surface area (TPSA) is 57.4 Å². The Hall–Kier alpha value is -1.37. The third-order valence-corrected chi connectivity index (χ3v) is 4.09. The number of carbonyl (C=O) groups is 1. The van der Waals surface area contributed by atoms with Crippen molar-refractivity contribution < 1.29 is 9.53 Å². The molecule has 5 nitrogen and oxygen atoms in total. The number of hydrogen-bond donors (Lipinski definition) is 2. The first kappa shape index (κ1) is 15.0. The molecule has 2 heterocycles. The van der Waals surface area contributed by atoms with Gasteiger partial charge < -0.3 is 19.9 Å². The standard InChI is InChI=1S/C14H21N3O2S/c1-9-7-11-13(20-9)10(8-17(2)3)12(16-11)14(18)15-5-6-19-4/h7,16H,5-6,8H2,1-4H3,(H,15,18). The van der Waals surface area contributed by atoms with E-state index in [1.54, 1.807) is 18.4 Å². The number of hydrogen-bond acceptors (Lipinski definition) is 4. The molecule has 2 rings (SSSR count). The fourth-order valence-electron chi connectivity index (χ4n) is 2.17. The van der Waals surface area contributed by atoms with Crippen LogP contribution in [0.5, 0.6) is 0 Å². The minimum Gasteiger partial charge on any atom is -0.383 e. The molecule has 0 atom stereocenters. The van der Waals surface area contributed by atoms with Gasteiger partial charge in [0.05, 0.1) is 16.8 Å². The second-order valence-electron chi connectivity index (χ2n) is 5.06. The highest BCUT2D eigenvalue weighted by atomic mass is 32.1. The molecule has 2 N–H and O–H groups in total. The number of nitrogens with one attached hydrogen (secondary N) is 2. The van der Waals surface area contributed by atoms with Gasteiger partial charge in [-0.1, -0.05) is 0 Å². The molecule has 0 unspecified atom stereocenters. The maximum absolute atomic E-state index is 12.3. The van der Waals surface area contributed by atoms with Crippen molar-refractivity contribution >= 4 is 27.5 Å². The van der Waals surface area contributed by atoms with Crippen molar-refractivity contribution in [2.24, 2.45) is 0 Å². The SMILES string of the molecule is COCCNC(=O)c1[nH]c2cc(C)sc2c1CN(C)C. The number of rotatable bonds is 6. The van der Waals surface area contributed by atoms with Gasteiger partial charge in [0.15, 0.2) is 0 Å². The second kappa shape index (κ2) is 6.39. The molecule has 0 saturated carbocycles. The van der Waals surface area contributed by atoms with E-state index in [1.165, 1.54) is 9.58 Å². The average Bonchev–Trinajstić information content (AvgIpc) is 2.87. The molecule has 0 aromatic carbocycles. The molecule has 20 heavy (non-hydrogen) atoms. The van der Waals surface area contributed by atoms with Gasteiger partial charge in [-0.05, 0) is 27.1 Å². The fourth-order valence-corrected chi connectivity index (χ4v) is 3.18. The molecule has 0 bridgehead atoms. The summed E-state index contributed by atoms with van der Waals surface area (Å²) in [7, 11) is 5.63. The van der Waals surface area contributed by atoms with Crippen molar-refractivity contribution in [2.75, 3.05) is 34.4 Å². The summed E-state index contributed by atoms with van der Waals surface area (Å²) in [4.78, 5) is 18.8. The van der Waals surface area contributed by atoms with Crippen molar-refractivity contribution in [3.63, 3.8) is 0 Å². The van der Waals surface area contributed by atoms with Crippen molar-refractivity contribution in [3.8, 4) is 0 Å². The number of H-pyrrole nitrogens is 1. The van der Waals surface area contributed by atoms with E-state index in [2.05, 4.69) is 28.2 Å². The first-order chi connectivity index (χ1) is 9.52. The third-order valence-electron chi connectivity index (χ3n) is 2.98. The van der Waals surface area contributed by atoms with Crippen LogP contribution in [0.3, 0.4) is 0 Å². The number of thiophene rings is 1. The number of methoxy groups -OCH3 is 1. The van der Waals surface area contributed by atoms with E-state index in [-0.39, 0.29) is 5.91 Å². The molecular formula is C14H21N3O2S. The first-order valence-corrected chi connectivity index (χ1v) is 7.37. The van der Waals surface area contributed by atoms with Gasteiger partial charge in [-0.15, -0.1) is 11.3 Å². The van der Waals surface area contributed by atoms with Crippen LogP contribution in [0.15, 0.2) is 6.07 Å². The highest BCUT2D eigenvalue weighted by Gasteiger charge is 2.19. The predicted molar refractivity (Wildman–Crippen MR) is 82.5 cm³/mol. The van der Waals surface area contributed by atoms with Gasteiger partial charge in [-0.25, -0.2) is 0 Å². The van der Waals surface area contributed by atoms with Gasteiger partial charge in [-0.3, -0.25) is 4.79 Å². The number of carbonyl (C=O) groups excluding carboxylic acids is 1. The number of amides is 1. The number of aryl methyl sites for hydroxylation is 1. The smallest absolute Gasteiger partial charge is 0.268 e. The molecule has 6 heteroatoms. The summed E-state index contributed by atoms with van der Waals surface area (Å²) in [5.41, 5.74) is 2.77. The molecule has 0 spiro atoms. The molecule has 2 aromatic heterocycles. The minimum atomic E-state index is -0.0695.